The van der Waals surface area contributed by atoms with E-state index in [0.29, 0.717) is 12.2 Å². The number of hydrogen-bond acceptors (Lipinski definition) is 5. The van der Waals surface area contributed by atoms with Crippen molar-refractivity contribution in [1.82, 2.24) is 10.6 Å². The van der Waals surface area contributed by atoms with E-state index in [1.54, 1.807) is 32.5 Å². The number of ether oxygens (including phenoxy) is 1. The Morgan fingerprint density at radius 2 is 1.70 bits per heavy atom. The monoisotopic (exact) mass is 346 g/mol. The molecule has 0 radical (unpaired) electrons. The van der Waals surface area contributed by atoms with E-state index in [1.807, 2.05) is 20.1 Å². The fourth-order valence-electron chi connectivity index (χ4n) is 1.95. The van der Waals surface area contributed by atoms with Crippen molar-refractivity contribution in [3.05, 3.63) is 0 Å². The van der Waals surface area contributed by atoms with Crippen LogP contribution in [0, 0.1) is 5.92 Å². The van der Waals surface area contributed by atoms with Gasteiger partial charge < -0.3 is 15.4 Å². The highest BCUT2D eigenvalue weighted by atomic mass is 32.2. The number of carbonyl (C=O) groups is 3. The smallest absolute Gasteiger partial charge is 0.408 e. The second-order valence-corrected chi connectivity index (χ2v) is 7.81. The van der Waals surface area contributed by atoms with Gasteiger partial charge in [-0.2, -0.15) is 11.8 Å². The number of rotatable bonds is 8. The Hall–Kier alpha value is -1.24. The molecule has 0 aliphatic carbocycles. The molecule has 134 valence electrons. The van der Waals surface area contributed by atoms with E-state index in [4.69, 9.17) is 4.74 Å². The molecule has 23 heavy (non-hydrogen) atoms. The molecule has 0 aliphatic heterocycles. The predicted octanol–water partition coefficient (Wildman–Crippen LogP) is 2.36. The molecule has 2 atom stereocenters. The Kier molecular flexibility index (Phi) is 9.27. The molecule has 0 aromatic rings. The highest BCUT2D eigenvalue weighted by molar-refractivity contribution is 7.98. The van der Waals surface area contributed by atoms with E-state index in [9.17, 15) is 14.4 Å². The first kappa shape index (κ1) is 21.8. The van der Waals surface area contributed by atoms with Gasteiger partial charge in [-0.3, -0.25) is 9.59 Å². The van der Waals surface area contributed by atoms with Crippen LogP contribution in [0.3, 0.4) is 0 Å². The summed E-state index contributed by atoms with van der Waals surface area (Å²) < 4.78 is 5.19. The Morgan fingerprint density at radius 1 is 1.13 bits per heavy atom. The van der Waals surface area contributed by atoms with Gasteiger partial charge in [0, 0.05) is 0 Å². The van der Waals surface area contributed by atoms with Gasteiger partial charge in [0.2, 0.25) is 5.91 Å². The van der Waals surface area contributed by atoms with Crippen LogP contribution in [0.25, 0.3) is 0 Å². The molecule has 0 unspecified atom stereocenters. The lowest BCUT2D eigenvalue weighted by atomic mass is 10.00. The summed E-state index contributed by atoms with van der Waals surface area (Å²) in [4.78, 5) is 36.0. The van der Waals surface area contributed by atoms with Crippen molar-refractivity contribution in [3.63, 3.8) is 0 Å². The normalized spacial score (nSPS) is 14.1. The summed E-state index contributed by atoms with van der Waals surface area (Å²) in [6.45, 7) is 10.5. The molecule has 0 saturated heterocycles. The van der Waals surface area contributed by atoms with Gasteiger partial charge in [0.15, 0.2) is 5.78 Å². The first-order valence-electron chi connectivity index (χ1n) is 7.77. The van der Waals surface area contributed by atoms with Crippen molar-refractivity contribution in [2.24, 2.45) is 5.92 Å². The number of Topliss-reactive ketones (excluding diaryl/α,β-unsaturated/α-hetero) is 1. The first-order chi connectivity index (χ1) is 10.5. The molecule has 0 heterocycles. The number of thioether (sulfide) groups is 1. The maximum atomic E-state index is 12.4. The quantitative estimate of drug-likeness (QED) is 0.705. The highest BCUT2D eigenvalue weighted by Crippen LogP contribution is 2.09. The van der Waals surface area contributed by atoms with Crippen LogP contribution in [0.4, 0.5) is 4.79 Å². The average Bonchev–Trinajstić information content (AvgIpc) is 2.37. The molecule has 6 nitrogen and oxygen atoms in total. The van der Waals surface area contributed by atoms with E-state index in [2.05, 4.69) is 10.6 Å². The molecule has 0 rings (SSSR count). The number of ketones is 1. The highest BCUT2D eigenvalue weighted by Gasteiger charge is 2.28. The van der Waals surface area contributed by atoms with Gasteiger partial charge in [-0.1, -0.05) is 13.8 Å². The van der Waals surface area contributed by atoms with Gasteiger partial charge in [0.25, 0.3) is 0 Å². The van der Waals surface area contributed by atoms with E-state index < -0.39 is 23.8 Å². The first-order valence-corrected chi connectivity index (χ1v) is 9.16. The van der Waals surface area contributed by atoms with Gasteiger partial charge in [-0.25, -0.2) is 4.79 Å². The summed E-state index contributed by atoms with van der Waals surface area (Å²) in [6, 6.07) is -1.28. The van der Waals surface area contributed by atoms with E-state index in [-0.39, 0.29) is 17.6 Å². The molecule has 2 N–H and O–H groups in total. The lowest BCUT2D eigenvalue weighted by Gasteiger charge is -2.25. The van der Waals surface area contributed by atoms with Gasteiger partial charge in [-0.05, 0) is 52.0 Å². The van der Waals surface area contributed by atoms with Crippen molar-refractivity contribution in [2.75, 3.05) is 12.0 Å². The minimum atomic E-state index is -0.724. The zero-order chi connectivity index (χ0) is 18.2. The van der Waals surface area contributed by atoms with Crippen LogP contribution in [0.2, 0.25) is 0 Å². The van der Waals surface area contributed by atoms with E-state index in [0.717, 1.165) is 0 Å². The largest absolute Gasteiger partial charge is 0.444 e. The number of amides is 2. The average molecular weight is 346 g/mol. The second-order valence-electron chi connectivity index (χ2n) is 6.82. The molecule has 0 fully saturated rings. The minimum Gasteiger partial charge on any atom is -0.444 e. The van der Waals surface area contributed by atoms with Crippen molar-refractivity contribution in [1.29, 1.82) is 0 Å². The summed E-state index contributed by atoms with van der Waals surface area (Å²) in [5, 5.41) is 5.32. The number of alkyl carbamates (subject to hydrolysis) is 1. The number of carbonyl (C=O) groups excluding carboxylic acids is 3. The van der Waals surface area contributed by atoms with Gasteiger partial charge in [-0.15, -0.1) is 0 Å². The summed E-state index contributed by atoms with van der Waals surface area (Å²) in [7, 11) is 0. The minimum absolute atomic E-state index is 0.0147. The molecular formula is C16H30N2O4S. The summed E-state index contributed by atoms with van der Waals surface area (Å²) in [5.74, 6) is 0.229. The summed E-state index contributed by atoms with van der Waals surface area (Å²) in [6.07, 6.45) is 1.76. The molecule has 2 amide bonds. The number of hydrogen-bond donors (Lipinski definition) is 2. The standard InChI is InChI=1S/C16H30N2O4S/c1-10(2)13(11(3)19)18-14(20)12(8-9-23-7)17-15(21)22-16(4,5)6/h10,12-13H,8-9H2,1-7H3,(H,17,21)(H,18,20)/t12-,13-/m0/s1. The second kappa shape index (κ2) is 9.80. The van der Waals surface area contributed by atoms with E-state index >= 15 is 0 Å². The third-order valence-corrected chi connectivity index (χ3v) is 3.66. The fraction of sp³-hybridized carbons (Fsp3) is 0.812. The summed E-state index contributed by atoms with van der Waals surface area (Å²) in [5.41, 5.74) is -0.634. The lowest BCUT2D eigenvalue weighted by Crippen LogP contribution is -2.53. The van der Waals surface area contributed by atoms with Crippen LogP contribution in [0.1, 0.15) is 48.0 Å². The molecular weight excluding hydrogens is 316 g/mol. The van der Waals surface area contributed by atoms with Gasteiger partial charge in [0.05, 0.1) is 6.04 Å². The molecule has 0 aliphatic rings. The van der Waals surface area contributed by atoms with Crippen LogP contribution in [0.15, 0.2) is 0 Å². The van der Waals surface area contributed by atoms with Crippen molar-refractivity contribution in [3.8, 4) is 0 Å². The molecule has 0 aromatic carbocycles. The van der Waals surface area contributed by atoms with E-state index in [1.165, 1.54) is 6.92 Å². The van der Waals surface area contributed by atoms with Gasteiger partial charge in [0.1, 0.15) is 11.6 Å². The van der Waals surface area contributed by atoms with Crippen LogP contribution in [-0.2, 0) is 14.3 Å². The molecule has 0 spiro atoms. The molecule has 0 saturated carbocycles. The fourth-order valence-corrected chi connectivity index (χ4v) is 2.42. The Balaban J connectivity index is 4.90. The zero-order valence-corrected chi connectivity index (χ0v) is 16.0. The number of nitrogens with one attached hydrogen (secondary N) is 2. The lowest BCUT2D eigenvalue weighted by molar-refractivity contribution is -0.129. The Morgan fingerprint density at radius 3 is 2.09 bits per heavy atom. The topological polar surface area (TPSA) is 84.5 Å². The zero-order valence-electron chi connectivity index (χ0n) is 15.2. The third-order valence-electron chi connectivity index (χ3n) is 3.02. The van der Waals surface area contributed by atoms with Crippen molar-refractivity contribution >= 4 is 29.5 Å². The Labute approximate surface area is 143 Å². The van der Waals surface area contributed by atoms with Crippen molar-refractivity contribution < 1.29 is 19.1 Å². The SMILES string of the molecule is CSCC[C@H](NC(=O)OC(C)(C)C)C(=O)N[C@H](C(C)=O)C(C)C. The molecule has 0 aromatic heterocycles. The van der Waals surface area contributed by atoms with Crippen LogP contribution < -0.4 is 10.6 Å². The Bertz CT molecular complexity index is 419. The molecule has 7 heteroatoms. The van der Waals surface area contributed by atoms with Crippen molar-refractivity contribution in [2.45, 2.75) is 65.6 Å². The van der Waals surface area contributed by atoms with Crippen LogP contribution >= 0.6 is 11.8 Å². The van der Waals surface area contributed by atoms with Gasteiger partial charge >= 0.3 is 6.09 Å². The van der Waals surface area contributed by atoms with Crippen LogP contribution in [0.5, 0.6) is 0 Å². The van der Waals surface area contributed by atoms with Crippen LogP contribution in [-0.4, -0.2) is 47.5 Å². The predicted molar refractivity (Wildman–Crippen MR) is 93.6 cm³/mol. The third kappa shape index (κ3) is 9.48. The maximum Gasteiger partial charge on any atom is 0.408 e. The summed E-state index contributed by atoms with van der Waals surface area (Å²) >= 11 is 1.58. The maximum absolute atomic E-state index is 12.4. The molecule has 0 bridgehead atoms.